The second-order valence-electron chi connectivity index (χ2n) is 9.51. The minimum Gasteiger partial charge on any atom is -0.504 e. The molecule has 10 nitrogen and oxygen atoms in total. The first-order valence-corrected chi connectivity index (χ1v) is 13.9. The Morgan fingerprint density at radius 2 is 1.98 bits per heavy atom. The molecule has 208 valence electrons. The van der Waals surface area contributed by atoms with E-state index in [-0.39, 0.29) is 23.2 Å². The van der Waals surface area contributed by atoms with E-state index in [9.17, 15) is 14.7 Å². The number of amides is 2. The highest BCUT2D eigenvalue weighted by Crippen LogP contribution is 2.35. The first kappa shape index (κ1) is 27.3. The normalized spacial score (nSPS) is 14.4. The summed E-state index contributed by atoms with van der Waals surface area (Å²) in [4.78, 5) is 31.0. The third-order valence-corrected chi connectivity index (χ3v) is 7.70. The van der Waals surface area contributed by atoms with Crippen LogP contribution in [0.25, 0.3) is 10.7 Å². The van der Waals surface area contributed by atoms with Crippen LogP contribution in [0.2, 0.25) is 0 Å². The highest BCUT2D eigenvalue weighted by molar-refractivity contribution is 7.13. The van der Waals surface area contributed by atoms with Gasteiger partial charge in [-0.15, -0.1) is 21.5 Å². The van der Waals surface area contributed by atoms with E-state index in [1.807, 2.05) is 17.5 Å². The number of carbonyl (C=O) groups excluding carboxylic acids is 2. The second kappa shape index (κ2) is 12.2. The lowest BCUT2D eigenvalue weighted by atomic mass is 9.94. The van der Waals surface area contributed by atoms with Crippen LogP contribution in [0.5, 0.6) is 11.5 Å². The van der Waals surface area contributed by atoms with Crippen molar-refractivity contribution in [3.05, 3.63) is 71.4 Å². The molecule has 1 fully saturated rings. The van der Waals surface area contributed by atoms with Crippen molar-refractivity contribution < 1.29 is 23.8 Å². The van der Waals surface area contributed by atoms with Crippen LogP contribution in [0.4, 0.5) is 10.1 Å². The maximum atomic E-state index is 15.3. The average molecular weight is 565 g/mol. The number of hydrogen-bond donors (Lipinski definition) is 2. The number of nitrogens with zero attached hydrogens (tertiary/aromatic N) is 5. The predicted molar refractivity (Wildman–Crippen MR) is 147 cm³/mol. The maximum Gasteiger partial charge on any atom is 0.251 e. The van der Waals surface area contributed by atoms with Gasteiger partial charge in [-0.25, -0.2) is 4.39 Å². The molecule has 1 aliphatic carbocycles. The molecule has 2 aromatic carbocycles. The number of benzene rings is 2. The number of thiophene rings is 1. The van der Waals surface area contributed by atoms with Gasteiger partial charge in [0.2, 0.25) is 11.7 Å². The van der Waals surface area contributed by atoms with Crippen molar-refractivity contribution in [1.29, 1.82) is 0 Å². The quantitative estimate of drug-likeness (QED) is 0.307. The van der Waals surface area contributed by atoms with Crippen LogP contribution in [0.1, 0.15) is 43.7 Å². The molecule has 2 aromatic heterocycles. The molecule has 1 atom stereocenters. The number of phenols is 1. The van der Waals surface area contributed by atoms with E-state index in [4.69, 9.17) is 4.74 Å². The summed E-state index contributed by atoms with van der Waals surface area (Å²) in [6.07, 6.45) is 4.72. The lowest BCUT2D eigenvalue weighted by Crippen LogP contribution is -2.48. The van der Waals surface area contributed by atoms with Gasteiger partial charge in [0, 0.05) is 6.04 Å². The molecule has 2 N–H and O–H groups in total. The lowest BCUT2D eigenvalue weighted by Gasteiger charge is -2.33. The minimum atomic E-state index is -1.28. The number of aromatic hydroxyl groups is 1. The maximum absolute atomic E-state index is 15.3. The Hall–Kier alpha value is -4.32. The monoisotopic (exact) mass is 564 g/mol. The fraction of sp³-hybridized carbons (Fsp3) is 0.321. The highest BCUT2D eigenvalue weighted by atomic mass is 32.1. The standard InChI is InChI=1S/C28H29FN6O4S/c1-39-23-16-18(13-14-22(23)36)26(28(38)30-19-8-3-2-4-9-19)35(21-11-6-5-10-20(21)29)25(37)17-34-32-27(31-33-34)24-12-7-15-40-24/h5-7,10-16,19,26,36H,2-4,8-9,17H2,1H3,(H,30,38). The van der Waals surface area contributed by atoms with Crippen molar-refractivity contribution in [3.63, 3.8) is 0 Å². The van der Waals surface area contributed by atoms with Crippen LogP contribution in [-0.2, 0) is 16.1 Å². The van der Waals surface area contributed by atoms with E-state index < -0.39 is 30.2 Å². The molecule has 12 heteroatoms. The molecule has 0 aliphatic heterocycles. The third kappa shape index (κ3) is 5.96. The van der Waals surface area contributed by atoms with Gasteiger partial charge in [0.1, 0.15) is 18.4 Å². The van der Waals surface area contributed by atoms with Crippen molar-refractivity contribution in [2.45, 2.75) is 50.7 Å². The van der Waals surface area contributed by atoms with Gasteiger partial charge in [0.05, 0.1) is 17.7 Å². The van der Waals surface area contributed by atoms with Gasteiger partial charge < -0.3 is 15.2 Å². The molecule has 1 aliphatic rings. The largest absolute Gasteiger partial charge is 0.504 e. The minimum absolute atomic E-state index is 0.0642. The summed E-state index contributed by atoms with van der Waals surface area (Å²) in [7, 11) is 1.39. The molecule has 40 heavy (non-hydrogen) atoms. The Morgan fingerprint density at radius 3 is 2.70 bits per heavy atom. The van der Waals surface area contributed by atoms with Gasteiger partial charge in [0.15, 0.2) is 11.5 Å². The van der Waals surface area contributed by atoms with Crippen LogP contribution in [0.15, 0.2) is 60.0 Å². The SMILES string of the molecule is COc1cc(C(C(=O)NC2CCCCC2)N(C(=O)Cn2nnc(-c3cccs3)n2)c2ccccc2F)ccc1O. The van der Waals surface area contributed by atoms with Crippen LogP contribution in [0.3, 0.4) is 0 Å². The Morgan fingerprint density at radius 1 is 1.18 bits per heavy atom. The van der Waals surface area contributed by atoms with Crippen LogP contribution in [-0.4, -0.2) is 50.3 Å². The zero-order chi connectivity index (χ0) is 28.1. The topological polar surface area (TPSA) is 122 Å². The highest BCUT2D eigenvalue weighted by Gasteiger charge is 2.36. The van der Waals surface area contributed by atoms with E-state index >= 15 is 4.39 Å². The molecule has 4 aromatic rings. The molecular formula is C28H29FN6O4S. The molecule has 0 radical (unpaired) electrons. The van der Waals surface area contributed by atoms with Crippen molar-refractivity contribution in [2.75, 3.05) is 12.0 Å². The van der Waals surface area contributed by atoms with Gasteiger partial charge in [-0.2, -0.15) is 4.80 Å². The average Bonchev–Trinajstić information content (AvgIpc) is 3.66. The number of rotatable bonds is 9. The van der Waals surface area contributed by atoms with Gasteiger partial charge >= 0.3 is 0 Å². The van der Waals surface area contributed by atoms with Crippen molar-refractivity contribution in [2.24, 2.45) is 0 Å². The van der Waals surface area contributed by atoms with Gasteiger partial charge in [-0.05, 0) is 59.3 Å². The lowest BCUT2D eigenvalue weighted by molar-refractivity contribution is -0.127. The number of aromatic nitrogens is 4. The van der Waals surface area contributed by atoms with Crippen molar-refractivity contribution in [1.82, 2.24) is 25.5 Å². The van der Waals surface area contributed by atoms with E-state index in [1.165, 1.54) is 54.8 Å². The zero-order valence-corrected chi connectivity index (χ0v) is 22.7. The number of tetrazole rings is 1. The van der Waals surface area contributed by atoms with Crippen LogP contribution < -0.4 is 15.0 Å². The smallest absolute Gasteiger partial charge is 0.251 e. The van der Waals surface area contributed by atoms with E-state index in [1.54, 1.807) is 6.07 Å². The summed E-state index contributed by atoms with van der Waals surface area (Å²) < 4.78 is 20.6. The summed E-state index contributed by atoms with van der Waals surface area (Å²) in [6.45, 7) is -0.394. The van der Waals surface area contributed by atoms with E-state index in [0.29, 0.717) is 11.4 Å². The number of methoxy groups -OCH3 is 1. The van der Waals surface area contributed by atoms with E-state index in [2.05, 4.69) is 20.7 Å². The Kier molecular flexibility index (Phi) is 8.34. The van der Waals surface area contributed by atoms with Crippen molar-refractivity contribution >= 4 is 28.8 Å². The summed E-state index contributed by atoms with van der Waals surface area (Å²) >= 11 is 1.43. The molecule has 1 saturated carbocycles. The van der Waals surface area contributed by atoms with Crippen LogP contribution >= 0.6 is 11.3 Å². The molecule has 0 bridgehead atoms. The summed E-state index contributed by atoms with van der Waals surface area (Å²) in [5, 5.41) is 27.5. The first-order valence-electron chi connectivity index (χ1n) is 13.0. The second-order valence-corrected chi connectivity index (χ2v) is 10.5. The molecular weight excluding hydrogens is 535 g/mol. The number of nitrogens with one attached hydrogen (secondary N) is 1. The summed E-state index contributed by atoms with van der Waals surface area (Å²) in [5.41, 5.74) is 0.257. The summed E-state index contributed by atoms with van der Waals surface area (Å²) in [6, 6.07) is 12.5. The number of anilines is 1. The van der Waals surface area contributed by atoms with Gasteiger partial charge in [-0.3, -0.25) is 14.5 Å². The molecule has 2 amide bonds. The van der Waals surface area contributed by atoms with Gasteiger partial charge in [-0.1, -0.05) is 43.5 Å². The number of hydrogen-bond acceptors (Lipinski definition) is 8. The number of ether oxygens (including phenoxy) is 1. The fourth-order valence-electron chi connectivity index (χ4n) is 4.89. The molecule has 0 spiro atoms. The Labute approximate surface area is 234 Å². The first-order chi connectivity index (χ1) is 19.4. The third-order valence-electron chi connectivity index (χ3n) is 6.83. The van der Waals surface area contributed by atoms with Crippen LogP contribution in [0, 0.1) is 5.82 Å². The van der Waals surface area contributed by atoms with Crippen molar-refractivity contribution in [3.8, 4) is 22.2 Å². The number of para-hydroxylation sites is 1. The molecule has 2 heterocycles. The predicted octanol–water partition coefficient (Wildman–Crippen LogP) is 4.48. The number of halogens is 1. The Balaban J connectivity index is 1.55. The number of phenolic OH excluding ortho intramolecular Hbond substituents is 1. The zero-order valence-electron chi connectivity index (χ0n) is 21.9. The summed E-state index contributed by atoms with van der Waals surface area (Å²) in [5.74, 6) is -1.43. The number of carbonyl (C=O) groups is 2. The fourth-order valence-corrected chi connectivity index (χ4v) is 5.53. The van der Waals surface area contributed by atoms with Gasteiger partial charge in [0.25, 0.3) is 5.91 Å². The molecule has 1 unspecified atom stereocenters. The molecule has 5 rings (SSSR count). The Bertz CT molecular complexity index is 1470. The van der Waals surface area contributed by atoms with E-state index in [0.717, 1.165) is 46.7 Å². The molecule has 0 saturated heterocycles.